The van der Waals surface area contributed by atoms with E-state index in [2.05, 4.69) is 10.6 Å². The van der Waals surface area contributed by atoms with Crippen LogP contribution in [0.5, 0.6) is 11.5 Å². The topological polar surface area (TPSA) is 85.9 Å². The first-order valence-corrected chi connectivity index (χ1v) is 9.86. The highest BCUT2D eigenvalue weighted by atomic mass is 16.6. The second kappa shape index (κ2) is 9.66. The normalized spacial score (nSPS) is 15.4. The van der Waals surface area contributed by atoms with E-state index in [-0.39, 0.29) is 12.0 Å². The van der Waals surface area contributed by atoms with Crippen LogP contribution in [0.1, 0.15) is 58.6 Å². The van der Waals surface area contributed by atoms with Gasteiger partial charge in [-0.3, -0.25) is 4.79 Å². The molecule has 1 aliphatic heterocycles. The number of carbonyl (C=O) groups excluding carboxylic acids is 2. The third-order valence-corrected chi connectivity index (χ3v) is 4.10. The van der Waals surface area contributed by atoms with Gasteiger partial charge in [-0.2, -0.15) is 0 Å². The zero-order valence-corrected chi connectivity index (χ0v) is 17.5. The van der Waals surface area contributed by atoms with Gasteiger partial charge in [0.25, 0.3) is 0 Å². The molecule has 1 atom stereocenters. The highest BCUT2D eigenvalue weighted by Crippen LogP contribution is 2.35. The van der Waals surface area contributed by atoms with Crippen LogP contribution >= 0.6 is 0 Å². The molecule has 1 heterocycles. The van der Waals surface area contributed by atoms with Gasteiger partial charge in [0.15, 0.2) is 0 Å². The number of rotatable bonds is 8. The molecular formula is C21H32N2O5. The molecule has 0 aliphatic carbocycles. The minimum atomic E-state index is -0.531. The summed E-state index contributed by atoms with van der Waals surface area (Å²) in [7, 11) is 0. The molecule has 0 saturated carbocycles. The van der Waals surface area contributed by atoms with Crippen LogP contribution in [-0.2, 0) is 22.5 Å². The van der Waals surface area contributed by atoms with E-state index in [1.54, 1.807) is 20.8 Å². The predicted octanol–water partition coefficient (Wildman–Crippen LogP) is 3.33. The highest BCUT2D eigenvalue weighted by molar-refractivity contribution is 5.76. The van der Waals surface area contributed by atoms with Crippen LogP contribution in [0.15, 0.2) is 12.1 Å². The molecular weight excluding hydrogens is 360 g/mol. The second-order valence-electron chi connectivity index (χ2n) is 7.94. The molecule has 0 aromatic heterocycles. The van der Waals surface area contributed by atoms with Gasteiger partial charge in [-0.15, -0.1) is 0 Å². The first-order valence-electron chi connectivity index (χ1n) is 9.86. The number of fused-ring (bicyclic) bond motifs is 1. The van der Waals surface area contributed by atoms with Gasteiger partial charge in [-0.25, -0.2) is 4.79 Å². The highest BCUT2D eigenvalue weighted by Gasteiger charge is 2.22. The molecule has 0 fully saturated rings. The summed E-state index contributed by atoms with van der Waals surface area (Å²) in [4.78, 5) is 23.7. The molecule has 156 valence electrons. The number of hydrogen-bond acceptors (Lipinski definition) is 5. The van der Waals surface area contributed by atoms with Crippen LogP contribution in [0, 0.1) is 0 Å². The Balaban J connectivity index is 1.78. The molecule has 1 aromatic carbocycles. The molecule has 7 nitrogen and oxygen atoms in total. The molecule has 28 heavy (non-hydrogen) atoms. The lowest BCUT2D eigenvalue weighted by Crippen LogP contribution is -2.33. The molecule has 0 radical (unpaired) electrons. The molecule has 1 aromatic rings. The van der Waals surface area contributed by atoms with Crippen molar-refractivity contribution >= 4 is 12.0 Å². The van der Waals surface area contributed by atoms with Gasteiger partial charge in [-0.1, -0.05) is 0 Å². The van der Waals surface area contributed by atoms with Crippen LogP contribution in [0.3, 0.4) is 0 Å². The monoisotopic (exact) mass is 392 g/mol. The Bertz CT molecular complexity index is 697. The van der Waals surface area contributed by atoms with E-state index in [4.69, 9.17) is 14.2 Å². The molecule has 0 spiro atoms. The molecule has 2 N–H and O–H groups in total. The van der Waals surface area contributed by atoms with Crippen molar-refractivity contribution in [3.05, 3.63) is 23.3 Å². The SMILES string of the molecule is CCOc1cc2c(cc1CNC(=O)CCCNC(=O)OC(C)(C)C)O[C@@H](C)C2. The van der Waals surface area contributed by atoms with Crippen LogP contribution in [-0.4, -0.2) is 36.9 Å². The predicted molar refractivity (Wildman–Crippen MR) is 107 cm³/mol. The molecule has 0 bridgehead atoms. The summed E-state index contributed by atoms with van der Waals surface area (Å²) in [6.07, 6.45) is 1.41. The quantitative estimate of drug-likeness (QED) is 0.663. The van der Waals surface area contributed by atoms with Crippen LogP contribution < -0.4 is 20.1 Å². The van der Waals surface area contributed by atoms with E-state index in [1.807, 2.05) is 26.0 Å². The van der Waals surface area contributed by atoms with E-state index >= 15 is 0 Å². The lowest BCUT2D eigenvalue weighted by molar-refractivity contribution is -0.121. The van der Waals surface area contributed by atoms with Crippen LogP contribution in [0.25, 0.3) is 0 Å². The summed E-state index contributed by atoms with van der Waals surface area (Å²) in [5.74, 6) is 1.57. The van der Waals surface area contributed by atoms with Gasteiger partial charge in [-0.05, 0) is 53.2 Å². The molecule has 0 unspecified atom stereocenters. The van der Waals surface area contributed by atoms with Gasteiger partial charge in [0.2, 0.25) is 5.91 Å². The van der Waals surface area contributed by atoms with E-state index in [9.17, 15) is 9.59 Å². The lowest BCUT2D eigenvalue weighted by Gasteiger charge is -2.19. The Morgan fingerprint density at radius 2 is 2.00 bits per heavy atom. The van der Waals surface area contributed by atoms with E-state index in [1.165, 1.54) is 0 Å². The summed E-state index contributed by atoms with van der Waals surface area (Å²) in [6, 6.07) is 3.96. The van der Waals surface area contributed by atoms with Crippen LogP contribution in [0.2, 0.25) is 0 Å². The fraction of sp³-hybridized carbons (Fsp3) is 0.619. The summed E-state index contributed by atoms with van der Waals surface area (Å²) >= 11 is 0. The average Bonchev–Trinajstić information content (AvgIpc) is 2.94. The number of nitrogens with one attached hydrogen (secondary N) is 2. The number of amides is 2. The largest absolute Gasteiger partial charge is 0.494 e. The first kappa shape index (κ1) is 21.9. The minimum Gasteiger partial charge on any atom is -0.494 e. The molecule has 2 amide bonds. The first-order chi connectivity index (χ1) is 13.2. The van der Waals surface area contributed by atoms with Crippen molar-refractivity contribution in [1.82, 2.24) is 10.6 Å². The van der Waals surface area contributed by atoms with Crippen LogP contribution in [0.4, 0.5) is 4.79 Å². The second-order valence-corrected chi connectivity index (χ2v) is 7.94. The molecule has 0 saturated heterocycles. The minimum absolute atomic E-state index is 0.0803. The number of ether oxygens (including phenoxy) is 3. The Morgan fingerprint density at radius 1 is 1.25 bits per heavy atom. The number of carbonyl (C=O) groups is 2. The van der Waals surface area contributed by atoms with E-state index in [0.717, 1.165) is 29.0 Å². The van der Waals surface area contributed by atoms with Crippen molar-refractivity contribution < 1.29 is 23.8 Å². The standard InChI is InChI=1S/C21H32N2O5/c1-6-26-17-11-15-10-14(2)27-18(15)12-16(17)13-23-19(24)8-7-9-22-20(25)28-21(3,4)5/h11-12,14H,6-10,13H2,1-5H3,(H,22,25)(H,23,24)/t14-/m0/s1. The lowest BCUT2D eigenvalue weighted by atomic mass is 10.1. The summed E-state index contributed by atoms with van der Waals surface area (Å²) < 4.78 is 16.7. The zero-order chi connectivity index (χ0) is 20.7. The maximum absolute atomic E-state index is 12.1. The molecule has 1 aliphatic rings. The number of hydrogen-bond donors (Lipinski definition) is 2. The zero-order valence-electron chi connectivity index (χ0n) is 17.5. The van der Waals surface area contributed by atoms with E-state index in [0.29, 0.717) is 32.5 Å². The number of alkyl carbamates (subject to hydrolysis) is 1. The fourth-order valence-corrected chi connectivity index (χ4v) is 2.95. The Labute approximate surface area is 167 Å². The van der Waals surface area contributed by atoms with Crippen molar-refractivity contribution in [2.24, 2.45) is 0 Å². The fourth-order valence-electron chi connectivity index (χ4n) is 2.95. The number of benzene rings is 1. The Morgan fingerprint density at radius 3 is 2.68 bits per heavy atom. The Hall–Kier alpha value is -2.44. The summed E-state index contributed by atoms with van der Waals surface area (Å²) in [5, 5.41) is 5.56. The maximum atomic E-state index is 12.1. The summed E-state index contributed by atoms with van der Waals surface area (Å²) in [6.45, 7) is 10.7. The van der Waals surface area contributed by atoms with Crippen molar-refractivity contribution in [2.75, 3.05) is 13.2 Å². The van der Waals surface area contributed by atoms with E-state index < -0.39 is 11.7 Å². The van der Waals surface area contributed by atoms with Crippen molar-refractivity contribution in [3.8, 4) is 11.5 Å². The maximum Gasteiger partial charge on any atom is 0.407 e. The van der Waals surface area contributed by atoms with Crippen molar-refractivity contribution in [3.63, 3.8) is 0 Å². The molecule has 2 rings (SSSR count). The van der Waals surface area contributed by atoms with Crippen molar-refractivity contribution in [1.29, 1.82) is 0 Å². The molecule has 7 heteroatoms. The van der Waals surface area contributed by atoms with Gasteiger partial charge >= 0.3 is 6.09 Å². The van der Waals surface area contributed by atoms with Gasteiger partial charge in [0.1, 0.15) is 23.2 Å². The Kier molecular flexibility index (Phi) is 7.54. The summed E-state index contributed by atoms with van der Waals surface area (Å²) in [5.41, 5.74) is 1.51. The average molecular weight is 392 g/mol. The smallest absolute Gasteiger partial charge is 0.407 e. The van der Waals surface area contributed by atoms with Gasteiger partial charge in [0, 0.05) is 37.1 Å². The third kappa shape index (κ3) is 6.94. The van der Waals surface area contributed by atoms with Gasteiger partial charge < -0.3 is 24.8 Å². The van der Waals surface area contributed by atoms with Crippen molar-refractivity contribution in [2.45, 2.75) is 72.1 Å². The van der Waals surface area contributed by atoms with Gasteiger partial charge in [0.05, 0.1) is 6.61 Å². The third-order valence-electron chi connectivity index (χ3n) is 4.10.